The molecule has 24 N–H and O–H groups in total. The Kier molecular flexibility index (Phi) is 35.4. The molecule has 46 atom stereocenters. The molecular weight excluding hydrogens is 1870 g/mol. The first-order chi connectivity index (χ1) is 57.9. The Hall–Kier alpha value is -2.34. The molecule has 732 valence electrons. The van der Waals surface area contributed by atoms with Crippen LogP contribution in [0.1, 0.15) is 13.8 Å². The van der Waals surface area contributed by atoms with Gasteiger partial charge in [0.1, 0.15) is 195 Å². The molecule has 0 radical (unpaired) electrons. The van der Waals surface area contributed by atoms with Crippen molar-refractivity contribution in [1.29, 1.82) is 0 Å². The van der Waals surface area contributed by atoms with Gasteiger partial charge in [-0.15, -0.1) is 0 Å². The minimum absolute atomic E-state index is 0.842. The van der Waals surface area contributed by atoms with Crippen molar-refractivity contribution >= 4 is 62.4 Å². The Balaban J connectivity index is 0.973. The second kappa shape index (κ2) is 42.3. The van der Waals surface area contributed by atoms with E-state index in [2.05, 4.69) is 25.1 Å². The molecule has 10 aliphatic heterocycles. The lowest BCUT2D eigenvalue weighted by molar-refractivity contribution is -0.418. The van der Waals surface area contributed by atoms with Crippen LogP contribution in [0.2, 0.25) is 0 Å². The van der Waals surface area contributed by atoms with Gasteiger partial charge in [-0.3, -0.25) is 27.3 Å². The zero-order chi connectivity index (χ0) is 92.9. The van der Waals surface area contributed by atoms with E-state index in [0.29, 0.717) is 0 Å². The highest BCUT2D eigenvalue weighted by molar-refractivity contribution is 7.82. The van der Waals surface area contributed by atoms with Crippen molar-refractivity contribution in [3.05, 3.63) is 0 Å². The van der Waals surface area contributed by atoms with E-state index in [0.717, 1.165) is 28.1 Å². The highest BCUT2D eigenvalue weighted by Crippen LogP contribution is 2.42. The van der Waals surface area contributed by atoms with Crippen molar-refractivity contribution in [2.24, 2.45) is 0 Å². The quantitative estimate of drug-likeness (QED) is 0.0266. The second-order valence-corrected chi connectivity index (χ2v) is 35.4. The SMILES string of the molecule is COC1C(O)C(OC2C(O)C(COS(=O)(=O)O)OC(OC3C(C)OC(OC4C(OC5OCC(OS(=O)(=O)O)C(O)C5OC5OC(C)C(OC6OC(COS(=O)(=O)O)C(O)C(OC7OC(OS(=O)(=O)O)C(O)C(OC)C7O)C6O)C(O)C5OC5OCC(O)C(O)C5O)OCC(OS(=O)(=O)O)C4O)C(OC4OCC(O)C(O)C4O)C3O)C2O)OC(OS(=O)(=O)O)C1O. The average molecular weight is 1970 g/mol. The number of ether oxygens (including phenoxy) is 21. The Labute approximate surface area is 704 Å². The van der Waals surface area contributed by atoms with Crippen LogP contribution < -0.4 is 0 Å². The molecule has 10 saturated heterocycles. The molecule has 125 heavy (non-hydrogen) atoms. The van der Waals surface area contributed by atoms with E-state index in [4.69, 9.17) is 99.5 Å². The lowest BCUT2D eigenvalue weighted by atomic mass is 9.96. The molecule has 0 bridgehead atoms. The van der Waals surface area contributed by atoms with E-state index in [-0.39, 0.29) is 0 Å². The number of hydrogen-bond donors (Lipinski definition) is 24. The summed E-state index contributed by atoms with van der Waals surface area (Å²) in [4.78, 5) is 0. The molecule has 0 amide bonds. The van der Waals surface area contributed by atoms with Crippen molar-refractivity contribution < 1.29 is 294 Å². The minimum atomic E-state index is -5.73. The molecule has 0 aliphatic carbocycles. The van der Waals surface area contributed by atoms with Gasteiger partial charge in [0.15, 0.2) is 62.9 Å². The summed E-state index contributed by atoms with van der Waals surface area (Å²) in [6.45, 7) is -5.39. The van der Waals surface area contributed by atoms with Crippen molar-refractivity contribution in [3.8, 4) is 0 Å². The first-order valence-electron chi connectivity index (χ1n) is 36.3. The van der Waals surface area contributed by atoms with Crippen LogP contribution in [0.3, 0.4) is 0 Å². The van der Waals surface area contributed by atoms with Crippen molar-refractivity contribution in [2.45, 2.75) is 297 Å². The molecule has 10 rings (SSSR count). The third-order valence-corrected chi connectivity index (χ3v) is 23.1. The van der Waals surface area contributed by atoms with Crippen molar-refractivity contribution in [3.63, 3.8) is 0 Å². The molecule has 0 aromatic carbocycles. The van der Waals surface area contributed by atoms with Crippen LogP contribution in [0.5, 0.6) is 0 Å². The summed E-state index contributed by atoms with van der Waals surface area (Å²) in [5, 5.41) is 205. The van der Waals surface area contributed by atoms with E-state index in [1.54, 1.807) is 0 Å². The lowest BCUT2D eigenvalue weighted by Crippen LogP contribution is -2.68. The number of aliphatic hydroxyl groups is 18. The predicted octanol–water partition coefficient (Wildman–Crippen LogP) is -18.0. The summed E-state index contributed by atoms with van der Waals surface area (Å²) >= 11 is 0. The zero-order valence-electron chi connectivity index (χ0n) is 63.9. The fraction of sp³-hybridized carbons (Fsp3) is 1.00. The fourth-order valence-corrected chi connectivity index (χ4v) is 16.7. The van der Waals surface area contributed by atoms with Gasteiger partial charge in [-0.25, -0.2) is 25.1 Å². The molecule has 10 aliphatic rings. The van der Waals surface area contributed by atoms with E-state index < -0.39 is 385 Å². The topological polar surface area (TPSA) is 940 Å². The van der Waals surface area contributed by atoms with Gasteiger partial charge in [-0.05, 0) is 13.8 Å². The summed E-state index contributed by atoms with van der Waals surface area (Å²) in [5.74, 6) is 0. The van der Waals surface area contributed by atoms with Crippen LogP contribution in [0.25, 0.3) is 0 Å². The maximum absolute atomic E-state index is 12.6. The lowest BCUT2D eigenvalue weighted by Gasteiger charge is -2.51. The average Bonchev–Trinajstić information content (AvgIpc) is 0.766. The molecule has 63 nitrogen and oxygen atoms in total. The van der Waals surface area contributed by atoms with Crippen LogP contribution in [0.4, 0.5) is 0 Å². The molecule has 46 unspecified atom stereocenters. The highest BCUT2D eigenvalue weighted by Gasteiger charge is 2.62. The fourth-order valence-electron chi connectivity index (χ4n) is 14.3. The van der Waals surface area contributed by atoms with Gasteiger partial charge >= 0.3 is 62.4 Å². The van der Waals surface area contributed by atoms with Gasteiger partial charge in [0, 0.05) is 14.2 Å². The van der Waals surface area contributed by atoms with E-state index in [1.807, 2.05) is 0 Å². The number of hydrogen-bond acceptors (Lipinski definition) is 57. The second-order valence-electron chi connectivity index (χ2n) is 29.0. The third kappa shape index (κ3) is 26.2. The van der Waals surface area contributed by atoms with Crippen LogP contribution >= 0.6 is 0 Å². The third-order valence-electron chi connectivity index (χ3n) is 20.3. The van der Waals surface area contributed by atoms with E-state index in [9.17, 15) is 170 Å². The molecule has 0 aromatic rings. The summed E-state index contributed by atoms with van der Waals surface area (Å²) in [6, 6.07) is 0. The molecule has 69 heteroatoms. The molecule has 10 fully saturated rings. The van der Waals surface area contributed by atoms with Gasteiger partial charge in [0.05, 0.1) is 51.8 Å². The summed E-state index contributed by atoms with van der Waals surface area (Å²) < 4.78 is 348. The van der Waals surface area contributed by atoms with E-state index >= 15 is 0 Å². The Morgan fingerprint density at radius 2 is 0.512 bits per heavy atom. The summed E-state index contributed by atoms with van der Waals surface area (Å²) in [5.41, 5.74) is 0. The number of aliphatic hydroxyl groups excluding tert-OH is 18. The summed E-state index contributed by atoms with van der Waals surface area (Å²) in [6.07, 6.45) is -110. The van der Waals surface area contributed by atoms with Gasteiger partial charge in [0.25, 0.3) is 0 Å². The van der Waals surface area contributed by atoms with Crippen LogP contribution in [-0.4, -0.2) is 507 Å². The van der Waals surface area contributed by atoms with Crippen molar-refractivity contribution in [2.75, 3.05) is 53.9 Å². The van der Waals surface area contributed by atoms with Crippen LogP contribution in [0, 0.1) is 0 Å². The Morgan fingerprint density at radius 1 is 0.240 bits per heavy atom. The zero-order valence-corrected chi connectivity index (χ0v) is 68.8. The first-order valence-corrected chi connectivity index (χ1v) is 44.5. The summed E-state index contributed by atoms with van der Waals surface area (Å²) in [7, 11) is -31.9. The van der Waals surface area contributed by atoms with Gasteiger partial charge in [-0.2, -0.15) is 50.5 Å². The Bertz CT molecular complexity index is 3930. The van der Waals surface area contributed by atoms with Crippen molar-refractivity contribution in [1.82, 2.24) is 0 Å². The standard InChI is InChI=1S/C56H94O63S6/c1-11-35(105-47-33(73)39(21(61)15(103-47)9-99-120(75,76)77)107-49-29(69)37(93-3)31(71)51(113-49)118-124(87,88)89)27(67)43(109-45-25(65)19(59)13(57)5-95-45)55(101-11)111-41-23(63)17(116-122(81,82)83)7-97-53(41)115-54-42(24(64)18(8-98-54)117-123(84,85)86)112-56-44(110-46-26(66)20(60)14(58)6-96-46)28(68)36(12(2)102-56)106-48-34(74)40(22(62)16(104-48)10-100-121(78,79)80)108-50-30(70)38(94-4)32(72)52(114-50)119-125(90,91)92/h11-74H,5-10H2,1-4H3,(H,75,76,77)(H,78,79,80)(H,81,82,83)(H,84,85,86)(H,87,88,89)(H,90,91,92). The normalized spacial score (nSPS) is 47.4. The number of methoxy groups -OCH3 is 2. The molecule has 0 aromatic heterocycles. The van der Waals surface area contributed by atoms with Gasteiger partial charge in [-0.1, -0.05) is 0 Å². The van der Waals surface area contributed by atoms with E-state index in [1.165, 1.54) is 0 Å². The Morgan fingerprint density at radius 3 is 0.824 bits per heavy atom. The maximum Gasteiger partial charge on any atom is 0.399 e. The first kappa shape index (κ1) is 105. The molecule has 0 saturated carbocycles. The predicted molar refractivity (Wildman–Crippen MR) is 365 cm³/mol. The molecule has 0 spiro atoms. The molecule has 10 heterocycles. The van der Waals surface area contributed by atoms with Gasteiger partial charge in [0.2, 0.25) is 12.6 Å². The maximum atomic E-state index is 12.6. The van der Waals surface area contributed by atoms with Gasteiger partial charge < -0.3 is 191 Å². The van der Waals surface area contributed by atoms with Crippen LogP contribution in [0.15, 0.2) is 0 Å². The molecular formula is C56H94O63S6. The monoisotopic (exact) mass is 1970 g/mol. The number of rotatable bonds is 34. The highest BCUT2D eigenvalue weighted by atomic mass is 32.3. The van der Waals surface area contributed by atoms with Crippen LogP contribution in [-0.2, 0) is 187 Å². The smallest absolute Gasteiger partial charge is 0.388 e. The minimum Gasteiger partial charge on any atom is -0.388 e. The largest absolute Gasteiger partial charge is 0.399 e.